The molecule has 5 heteroatoms. The fraction of sp³-hybridized carbons (Fsp3) is 0.500. The molecule has 0 aromatic heterocycles. The number of anilines is 1. The zero-order valence-electron chi connectivity index (χ0n) is 13.0. The summed E-state index contributed by atoms with van der Waals surface area (Å²) in [6.45, 7) is 6.46. The molecule has 0 heterocycles. The van der Waals surface area contributed by atoms with Crippen LogP contribution in [0.5, 0.6) is 0 Å². The number of rotatable bonds is 7. The number of carbonyl (C=O) groups is 2. The Morgan fingerprint density at radius 3 is 2.29 bits per heavy atom. The van der Waals surface area contributed by atoms with E-state index in [2.05, 4.69) is 24.5 Å². The molecule has 116 valence electrons. The third-order valence-electron chi connectivity index (χ3n) is 3.15. The summed E-state index contributed by atoms with van der Waals surface area (Å²) in [6.07, 6.45) is 0.795. The van der Waals surface area contributed by atoms with Crippen molar-refractivity contribution >= 4 is 17.5 Å². The van der Waals surface area contributed by atoms with E-state index in [0.29, 0.717) is 19.0 Å². The minimum absolute atomic E-state index is 0.00265. The molecule has 0 aliphatic heterocycles. The molecule has 1 rings (SSSR count). The molecule has 0 bridgehead atoms. The highest BCUT2D eigenvalue weighted by Crippen LogP contribution is 2.12. The number of hydrogen-bond donors (Lipinski definition) is 3. The van der Waals surface area contributed by atoms with E-state index in [4.69, 9.17) is 5.73 Å². The molecule has 2 amide bonds. The van der Waals surface area contributed by atoms with E-state index >= 15 is 0 Å². The lowest BCUT2D eigenvalue weighted by Crippen LogP contribution is -2.35. The summed E-state index contributed by atoms with van der Waals surface area (Å²) in [5, 5.41) is 5.61. The highest BCUT2D eigenvalue weighted by molar-refractivity contribution is 5.88. The van der Waals surface area contributed by atoms with Gasteiger partial charge in [-0.05, 0) is 30.0 Å². The molecule has 4 N–H and O–H groups in total. The van der Waals surface area contributed by atoms with Gasteiger partial charge in [-0.25, -0.2) is 0 Å². The first-order chi connectivity index (χ1) is 9.92. The van der Waals surface area contributed by atoms with Gasteiger partial charge in [-0.2, -0.15) is 0 Å². The van der Waals surface area contributed by atoms with Crippen molar-refractivity contribution < 1.29 is 9.59 Å². The number of carbonyl (C=O) groups excluding carboxylic acids is 2. The Morgan fingerprint density at radius 1 is 1.19 bits per heavy atom. The topological polar surface area (TPSA) is 84.2 Å². The SMILES string of the molecule is CC(=O)Nc1ccc(CNC(=O)C(CN)CC(C)C)cc1. The largest absolute Gasteiger partial charge is 0.352 e. The van der Waals surface area contributed by atoms with Crippen LogP contribution in [0.3, 0.4) is 0 Å². The van der Waals surface area contributed by atoms with Crippen LogP contribution in [0.15, 0.2) is 24.3 Å². The number of amides is 2. The van der Waals surface area contributed by atoms with E-state index in [1.165, 1.54) is 6.92 Å². The zero-order valence-corrected chi connectivity index (χ0v) is 13.0. The van der Waals surface area contributed by atoms with Gasteiger partial charge in [0.05, 0.1) is 5.92 Å². The van der Waals surface area contributed by atoms with E-state index in [1.54, 1.807) is 0 Å². The summed E-state index contributed by atoms with van der Waals surface area (Å²) in [6, 6.07) is 7.39. The van der Waals surface area contributed by atoms with Crippen molar-refractivity contribution in [1.29, 1.82) is 0 Å². The van der Waals surface area contributed by atoms with E-state index in [-0.39, 0.29) is 17.7 Å². The van der Waals surface area contributed by atoms with Gasteiger partial charge in [0.25, 0.3) is 0 Å². The predicted octanol–water partition coefficient (Wildman–Crippen LogP) is 1.88. The fourth-order valence-corrected chi connectivity index (χ4v) is 2.12. The minimum atomic E-state index is -0.136. The van der Waals surface area contributed by atoms with Crippen molar-refractivity contribution in [2.24, 2.45) is 17.6 Å². The molecule has 0 saturated heterocycles. The third kappa shape index (κ3) is 6.40. The lowest BCUT2D eigenvalue weighted by atomic mass is 9.96. The summed E-state index contributed by atoms with van der Waals surface area (Å²) in [5.41, 5.74) is 7.39. The summed E-state index contributed by atoms with van der Waals surface area (Å²) in [4.78, 5) is 23.0. The van der Waals surface area contributed by atoms with E-state index in [1.807, 2.05) is 24.3 Å². The number of hydrogen-bond acceptors (Lipinski definition) is 3. The average Bonchev–Trinajstić information content (AvgIpc) is 2.42. The molecule has 21 heavy (non-hydrogen) atoms. The van der Waals surface area contributed by atoms with Gasteiger partial charge in [-0.15, -0.1) is 0 Å². The summed E-state index contributed by atoms with van der Waals surface area (Å²) >= 11 is 0. The second-order valence-electron chi connectivity index (χ2n) is 5.66. The molecule has 0 aliphatic carbocycles. The third-order valence-corrected chi connectivity index (χ3v) is 3.15. The van der Waals surface area contributed by atoms with Crippen molar-refractivity contribution in [1.82, 2.24) is 5.32 Å². The maximum absolute atomic E-state index is 12.0. The Hall–Kier alpha value is -1.88. The Morgan fingerprint density at radius 2 is 1.81 bits per heavy atom. The van der Waals surface area contributed by atoms with Crippen LogP contribution in [-0.2, 0) is 16.1 Å². The van der Waals surface area contributed by atoms with Gasteiger partial charge in [-0.3, -0.25) is 9.59 Å². The van der Waals surface area contributed by atoms with E-state index in [0.717, 1.165) is 17.7 Å². The van der Waals surface area contributed by atoms with Crippen molar-refractivity contribution in [2.75, 3.05) is 11.9 Å². The molecular formula is C16H25N3O2. The second-order valence-corrected chi connectivity index (χ2v) is 5.66. The second kappa shape index (κ2) is 8.42. The van der Waals surface area contributed by atoms with Crippen molar-refractivity contribution in [3.8, 4) is 0 Å². The van der Waals surface area contributed by atoms with Gasteiger partial charge in [0.1, 0.15) is 0 Å². The molecule has 0 radical (unpaired) electrons. The molecule has 5 nitrogen and oxygen atoms in total. The zero-order chi connectivity index (χ0) is 15.8. The van der Waals surface area contributed by atoms with Crippen LogP contribution in [0.2, 0.25) is 0 Å². The first-order valence-corrected chi connectivity index (χ1v) is 7.26. The predicted molar refractivity (Wildman–Crippen MR) is 84.6 cm³/mol. The lowest BCUT2D eigenvalue weighted by Gasteiger charge is -2.16. The number of nitrogens with two attached hydrogens (primary N) is 1. The Labute approximate surface area is 126 Å². The highest BCUT2D eigenvalue weighted by Gasteiger charge is 2.17. The average molecular weight is 291 g/mol. The van der Waals surface area contributed by atoms with Crippen LogP contribution in [0.4, 0.5) is 5.69 Å². The highest BCUT2D eigenvalue weighted by atomic mass is 16.2. The van der Waals surface area contributed by atoms with Crippen molar-refractivity contribution in [3.63, 3.8) is 0 Å². The van der Waals surface area contributed by atoms with Gasteiger partial charge in [0.2, 0.25) is 11.8 Å². The quantitative estimate of drug-likeness (QED) is 0.717. The molecule has 0 fully saturated rings. The van der Waals surface area contributed by atoms with Crippen molar-refractivity contribution in [3.05, 3.63) is 29.8 Å². The maximum atomic E-state index is 12.0. The van der Waals surface area contributed by atoms with Crippen LogP contribution in [-0.4, -0.2) is 18.4 Å². The summed E-state index contributed by atoms with van der Waals surface area (Å²) in [5.74, 6) is 0.206. The number of nitrogens with one attached hydrogen (secondary N) is 2. The van der Waals surface area contributed by atoms with Crippen molar-refractivity contribution in [2.45, 2.75) is 33.7 Å². The lowest BCUT2D eigenvalue weighted by molar-refractivity contribution is -0.125. The van der Waals surface area contributed by atoms with Gasteiger partial charge in [0, 0.05) is 25.7 Å². The Bertz CT molecular complexity index is 469. The Kier molecular flexibility index (Phi) is 6.88. The first-order valence-electron chi connectivity index (χ1n) is 7.26. The number of benzene rings is 1. The van der Waals surface area contributed by atoms with E-state index in [9.17, 15) is 9.59 Å². The standard InChI is InChI=1S/C16H25N3O2/c1-11(2)8-14(9-17)16(21)18-10-13-4-6-15(7-5-13)19-12(3)20/h4-7,11,14H,8-10,17H2,1-3H3,(H,18,21)(H,19,20). The summed E-state index contributed by atoms with van der Waals surface area (Å²) < 4.78 is 0. The van der Waals surface area contributed by atoms with Gasteiger partial charge in [-0.1, -0.05) is 26.0 Å². The van der Waals surface area contributed by atoms with Gasteiger partial charge >= 0.3 is 0 Å². The van der Waals surface area contributed by atoms with Crippen LogP contribution >= 0.6 is 0 Å². The van der Waals surface area contributed by atoms with Crippen LogP contribution in [0.1, 0.15) is 32.8 Å². The van der Waals surface area contributed by atoms with Gasteiger partial charge < -0.3 is 16.4 Å². The molecule has 0 aliphatic rings. The molecular weight excluding hydrogens is 266 g/mol. The fourth-order valence-electron chi connectivity index (χ4n) is 2.12. The molecule has 1 aromatic carbocycles. The maximum Gasteiger partial charge on any atom is 0.224 e. The molecule has 0 spiro atoms. The van der Waals surface area contributed by atoms with E-state index < -0.39 is 0 Å². The molecule has 1 unspecified atom stereocenters. The molecule has 0 saturated carbocycles. The summed E-state index contributed by atoms with van der Waals surface area (Å²) in [7, 11) is 0. The van der Waals surface area contributed by atoms with Crippen LogP contribution in [0.25, 0.3) is 0 Å². The molecule has 1 aromatic rings. The minimum Gasteiger partial charge on any atom is -0.352 e. The monoisotopic (exact) mass is 291 g/mol. The first kappa shape index (κ1) is 17.2. The smallest absolute Gasteiger partial charge is 0.224 e. The normalized spacial score (nSPS) is 12.0. The van der Waals surface area contributed by atoms with Gasteiger partial charge in [0.15, 0.2) is 0 Å². The Balaban J connectivity index is 2.50. The van der Waals surface area contributed by atoms with Crippen LogP contribution < -0.4 is 16.4 Å². The molecule has 1 atom stereocenters. The van der Waals surface area contributed by atoms with Crippen LogP contribution in [0, 0.1) is 11.8 Å².